The molecule has 2 N–H and O–H groups in total. The number of likely N-dealkylation sites (N-methyl/N-ethyl adjacent to an activating group) is 1. The minimum Gasteiger partial charge on any atom is -0.481 e. The maximum atomic E-state index is 10.5. The number of carboxylic acids is 1. The summed E-state index contributed by atoms with van der Waals surface area (Å²) in [6, 6.07) is 10.4. The first-order valence-corrected chi connectivity index (χ1v) is 6.59. The Kier molecular flexibility index (Phi) is 5.51. The maximum Gasteiger partial charge on any atom is 0.303 e. The monoisotopic (exact) mass is 265 g/mol. The number of nitrogens with zero attached hydrogens (tertiary/aromatic N) is 1. The lowest BCUT2D eigenvalue weighted by Crippen LogP contribution is -2.29. The SMILES string of the molecule is CC1CC(O)(c2ccccc2)CN1C.CCC(=O)O. The molecular formula is C15H23NO3. The van der Waals surface area contributed by atoms with Gasteiger partial charge >= 0.3 is 5.97 Å². The van der Waals surface area contributed by atoms with Crippen molar-refractivity contribution in [3.63, 3.8) is 0 Å². The zero-order valence-corrected chi connectivity index (χ0v) is 11.8. The van der Waals surface area contributed by atoms with Crippen LogP contribution in [-0.4, -0.2) is 40.7 Å². The summed E-state index contributed by atoms with van der Waals surface area (Å²) in [6.45, 7) is 4.49. The molecular weight excluding hydrogens is 242 g/mol. The van der Waals surface area contributed by atoms with Gasteiger partial charge < -0.3 is 15.1 Å². The average molecular weight is 265 g/mol. The lowest BCUT2D eigenvalue weighted by molar-refractivity contribution is -0.136. The van der Waals surface area contributed by atoms with Crippen LogP contribution in [0.25, 0.3) is 0 Å². The summed E-state index contributed by atoms with van der Waals surface area (Å²) in [5.41, 5.74) is 0.395. The predicted molar refractivity (Wildman–Crippen MR) is 75.0 cm³/mol. The fourth-order valence-corrected chi connectivity index (χ4v) is 2.24. The Morgan fingerprint density at radius 3 is 2.32 bits per heavy atom. The van der Waals surface area contributed by atoms with E-state index in [4.69, 9.17) is 5.11 Å². The number of aliphatic hydroxyl groups is 1. The van der Waals surface area contributed by atoms with Crippen molar-refractivity contribution in [3.05, 3.63) is 35.9 Å². The number of benzene rings is 1. The normalized spacial score (nSPS) is 26.6. The minimum atomic E-state index is -0.745. The number of carbonyl (C=O) groups is 1. The molecule has 4 nitrogen and oxygen atoms in total. The second kappa shape index (κ2) is 6.68. The summed E-state index contributed by atoms with van der Waals surface area (Å²) < 4.78 is 0. The number of aliphatic carboxylic acids is 1. The number of hydrogen-bond donors (Lipinski definition) is 2. The summed E-state index contributed by atoms with van der Waals surface area (Å²) in [6.07, 6.45) is 1.05. The van der Waals surface area contributed by atoms with Crippen LogP contribution >= 0.6 is 0 Å². The molecule has 1 saturated heterocycles. The van der Waals surface area contributed by atoms with Gasteiger partial charge in [0.25, 0.3) is 0 Å². The molecule has 0 aromatic heterocycles. The Hall–Kier alpha value is -1.39. The lowest BCUT2D eigenvalue weighted by Gasteiger charge is -2.22. The lowest BCUT2D eigenvalue weighted by atomic mass is 9.92. The van der Waals surface area contributed by atoms with Gasteiger partial charge in [-0.1, -0.05) is 37.3 Å². The molecule has 1 aromatic carbocycles. The van der Waals surface area contributed by atoms with E-state index >= 15 is 0 Å². The van der Waals surface area contributed by atoms with E-state index in [0.717, 1.165) is 18.5 Å². The van der Waals surface area contributed by atoms with Crippen LogP contribution in [0.1, 0.15) is 32.3 Å². The van der Waals surface area contributed by atoms with Gasteiger partial charge in [-0.15, -0.1) is 0 Å². The molecule has 1 aromatic rings. The van der Waals surface area contributed by atoms with Crippen LogP contribution in [0.15, 0.2) is 30.3 Å². The highest BCUT2D eigenvalue weighted by molar-refractivity contribution is 5.66. The van der Waals surface area contributed by atoms with E-state index in [2.05, 4.69) is 18.9 Å². The Morgan fingerprint density at radius 1 is 1.42 bits per heavy atom. The average Bonchev–Trinajstić information content (AvgIpc) is 2.66. The third-order valence-electron chi connectivity index (χ3n) is 3.51. The fraction of sp³-hybridized carbons (Fsp3) is 0.533. The van der Waals surface area contributed by atoms with Gasteiger partial charge in [0.15, 0.2) is 0 Å². The zero-order chi connectivity index (χ0) is 14.5. The molecule has 1 heterocycles. The molecule has 0 radical (unpaired) electrons. The van der Waals surface area contributed by atoms with E-state index in [0.29, 0.717) is 6.04 Å². The molecule has 0 saturated carbocycles. The third-order valence-corrected chi connectivity index (χ3v) is 3.51. The second-order valence-corrected chi connectivity index (χ2v) is 5.11. The summed E-state index contributed by atoms with van der Waals surface area (Å²) in [4.78, 5) is 11.6. The Labute approximate surface area is 114 Å². The van der Waals surface area contributed by atoms with Crippen molar-refractivity contribution in [1.29, 1.82) is 0 Å². The Balaban J connectivity index is 0.000000312. The molecule has 0 spiro atoms. The van der Waals surface area contributed by atoms with Crippen molar-refractivity contribution >= 4 is 5.97 Å². The zero-order valence-electron chi connectivity index (χ0n) is 11.8. The van der Waals surface area contributed by atoms with E-state index in [1.807, 2.05) is 30.3 Å². The molecule has 106 valence electrons. The highest BCUT2D eigenvalue weighted by atomic mass is 16.4. The molecule has 1 fully saturated rings. The summed E-state index contributed by atoms with van der Waals surface area (Å²) in [7, 11) is 2.06. The van der Waals surface area contributed by atoms with Gasteiger partial charge in [0.1, 0.15) is 5.60 Å². The van der Waals surface area contributed by atoms with Crippen LogP contribution < -0.4 is 0 Å². The van der Waals surface area contributed by atoms with Crippen molar-refractivity contribution in [3.8, 4) is 0 Å². The quantitative estimate of drug-likeness (QED) is 0.859. The summed E-state index contributed by atoms with van der Waals surface area (Å²) in [5, 5.41) is 18.2. The van der Waals surface area contributed by atoms with Crippen LogP contribution in [0.2, 0.25) is 0 Å². The van der Waals surface area contributed by atoms with E-state index < -0.39 is 11.6 Å². The van der Waals surface area contributed by atoms with Crippen LogP contribution in [-0.2, 0) is 10.4 Å². The maximum absolute atomic E-state index is 10.5. The van der Waals surface area contributed by atoms with E-state index in [1.165, 1.54) is 0 Å². The molecule has 1 aliphatic heterocycles. The molecule has 4 heteroatoms. The van der Waals surface area contributed by atoms with Crippen molar-refractivity contribution < 1.29 is 15.0 Å². The van der Waals surface area contributed by atoms with Crippen molar-refractivity contribution in [2.45, 2.75) is 38.3 Å². The minimum absolute atomic E-state index is 0.222. The first-order valence-electron chi connectivity index (χ1n) is 6.59. The predicted octanol–water partition coefficient (Wildman–Crippen LogP) is 2.08. The third kappa shape index (κ3) is 4.33. The Bertz CT molecular complexity index is 395. The van der Waals surface area contributed by atoms with Gasteiger partial charge in [0.05, 0.1) is 0 Å². The first kappa shape index (κ1) is 15.7. The smallest absolute Gasteiger partial charge is 0.303 e. The highest BCUT2D eigenvalue weighted by Crippen LogP contribution is 2.34. The largest absolute Gasteiger partial charge is 0.481 e. The van der Waals surface area contributed by atoms with Crippen LogP contribution in [0.4, 0.5) is 0 Å². The highest BCUT2D eigenvalue weighted by Gasteiger charge is 2.39. The molecule has 0 aliphatic carbocycles. The van der Waals surface area contributed by atoms with E-state index in [-0.39, 0.29) is 6.42 Å². The van der Waals surface area contributed by atoms with Gasteiger partial charge in [-0.25, -0.2) is 0 Å². The Morgan fingerprint density at radius 2 is 1.95 bits per heavy atom. The van der Waals surface area contributed by atoms with Gasteiger partial charge in [0.2, 0.25) is 0 Å². The number of rotatable bonds is 2. The topological polar surface area (TPSA) is 60.8 Å². The van der Waals surface area contributed by atoms with Crippen molar-refractivity contribution in [1.82, 2.24) is 4.90 Å². The summed E-state index contributed by atoms with van der Waals surface area (Å²) >= 11 is 0. The number of likely N-dealkylation sites (tertiary alicyclic amines) is 1. The van der Waals surface area contributed by atoms with Crippen LogP contribution in [0.5, 0.6) is 0 Å². The first-order chi connectivity index (χ1) is 8.89. The molecule has 1 aliphatic rings. The van der Waals surface area contributed by atoms with Gasteiger partial charge in [-0.05, 0) is 26.0 Å². The standard InChI is InChI=1S/C12H17NO.C3H6O2/c1-10-8-12(14,9-13(10)2)11-6-4-3-5-7-11;1-2-3(4)5/h3-7,10,14H,8-9H2,1-2H3;2H2,1H3,(H,4,5). The molecule has 0 bridgehead atoms. The van der Waals surface area contributed by atoms with Crippen LogP contribution in [0.3, 0.4) is 0 Å². The van der Waals surface area contributed by atoms with Crippen molar-refractivity contribution in [2.75, 3.05) is 13.6 Å². The second-order valence-electron chi connectivity index (χ2n) is 5.11. The summed E-state index contributed by atoms with van der Waals surface area (Å²) in [5.74, 6) is -0.745. The van der Waals surface area contributed by atoms with Gasteiger partial charge in [-0.2, -0.15) is 0 Å². The molecule has 2 unspecified atom stereocenters. The number of carboxylic acid groups (broad SMARTS) is 1. The molecule has 19 heavy (non-hydrogen) atoms. The number of hydrogen-bond acceptors (Lipinski definition) is 3. The van der Waals surface area contributed by atoms with Crippen molar-refractivity contribution in [2.24, 2.45) is 0 Å². The van der Waals surface area contributed by atoms with Gasteiger partial charge in [-0.3, -0.25) is 4.79 Å². The number of β-amino-alcohol motifs (C(OH)–C–C–N with tert-alkyl or cyclic N) is 1. The molecule has 2 atom stereocenters. The molecule has 2 rings (SSSR count). The fourth-order valence-electron chi connectivity index (χ4n) is 2.24. The molecule has 0 amide bonds. The van der Waals surface area contributed by atoms with E-state index in [9.17, 15) is 9.90 Å². The van der Waals surface area contributed by atoms with Crippen LogP contribution in [0, 0.1) is 0 Å². The van der Waals surface area contributed by atoms with E-state index in [1.54, 1.807) is 6.92 Å². The van der Waals surface area contributed by atoms with Gasteiger partial charge in [0, 0.05) is 19.0 Å².